The first kappa shape index (κ1) is 17.5. The third kappa shape index (κ3) is 113. The van der Waals surface area contributed by atoms with Crippen LogP contribution in [0.4, 0.5) is 0 Å². The van der Waals surface area contributed by atoms with Crippen molar-refractivity contribution in [1.82, 2.24) is 5.32 Å². The molecule has 0 aromatic rings. The van der Waals surface area contributed by atoms with Gasteiger partial charge in [-0.2, -0.15) is 0 Å². The van der Waals surface area contributed by atoms with E-state index in [0.29, 0.717) is 0 Å². The number of carboxylic acids is 1. The number of carboxylic acid groups (broad SMARTS) is 1. The van der Waals surface area contributed by atoms with Crippen molar-refractivity contribution >= 4 is 5.97 Å². The highest BCUT2D eigenvalue weighted by Crippen LogP contribution is 1.79. The first-order valence-corrected chi connectivity index (χ1v) is 4.49. The zero-order chi connectivity index (χ0) is 10.4. The van der Waals surface area contributed by atoms with E-state index >= 15 is 0 Å². The summed E-state index contributed by atoms with van der Waals surface area (Å²) in [7, 11) is 1.98. The summed E-state index contributed by atoms with van der Waals surface area (Å²) in [5.41, 5.74) is 0. The van der Waals surface area contributed by atoms with Crippen molar-refractivity contribution in [3.63, 3.8) is 0 Å². The number of rotatable bonds is 3. The Labute approximate surface area is 76.2 Å². The second-order valence-electron chi connectivity index (χ2n) is 1.98. The lowest BCUT2D eigenvalue weighted by Crippen LogP contribution is -2.06. The largest absolute Gasteiger partial charge is 0.481 e. The van der Waals surface area contributed by atoms with E-state index < -0.39 is 5.97 Å². The molecule has 3 heteroatoms. The lowest BCUT2D eigenvalue weighted by molar-refractivity contribution is -0.134. The number of aliphatic carboxylic acids is 1. The fourth-order valence-corrected chi connectivity index (χ4v) is 0.354. The van der Waals surface area contributed by atoms with Gasteiger partial charge in [0.05, 0.1) is 0 Å². The molecule has 0 radical (unpaired) electrons. The predicted molar refractivity (Wildman–Crippen MR) is 53.5 cm³/mol. The molecule has 0 atom stereocenters. The fraction of sp³-hybridized carbons (Fsp3) is 0.889. The number of hydrogen-bond acceptors (Lipinski definition) is 2. The molecule has 0 heterocycles. The Hall–Kier alpha value is -0.570. The Morgan fingerprint density at radius 1 is 1.42 bits per heavy atom. The monoisotopic (exact) mass is 177 g/mol. The molecule has 0 aliphatic rings. The Morgan fingerprint density at radius 2 is 1.75 bits per heavy atom. The van der Waals surface area contributed by atoms with Gasteiger partial charge >= 0.3 is 0 Å². The van der Waals surface area contributed by atoms with Crippen molar-refractivity contribution in [1.29, 1.82) is 0 Å². The molecule has 0 spiro atoms. The first-order chi connectivity index (χ1) is 5.65. The summed E-state index contributed by atoms with van der Waals surface area (Å²) in [5.74, 6) is -0.833. The maximum Gasteiger partial charge on any atom is 0.300 e. The quantitative estimate of drug-likeness (QED) is 0.649. The average Bonchev–Trinajstić information content (AvgIpc) is 2.04. The first-order valence-electron chi connectivity index (χ1n) is 4.49. The maximum atomic E-state index is 9.00. The molecule has 12 heavy (non-hydrogen) atoms. The van der Waals surface area contributed by atoms with Gasteiger partial charge in [0.1, 0.15) is 0 Å². The van der Waals surface area contributed by atoms with Gasteiger partial charge in [-0.05, 0) is 20.0 Å². The van der Waals surface area contributed by atoms with E-state index in [1.54, 1.807) is 0 Å². The minimum absolute atomic E-state index is 0.833. The zero-order valence-electron chi connectivity index (χ0n) is 8.98. The molecule has 0 aliphatic carbocycles. The lowest BCUT2D eigenvalue weighted by atomic mass is 10.3. The highest BCUT2D eigenvalue weighted by molar-refractivity contribution is 5.62. The van der Waals surface area contributed by atoms with Crippen LogP contribution in [-0.4, -0.2) is 24.7 Å². The summed E-state index contributed by atoms with van der Waals surface area (Å²) in [4.78, 5) is 9.00. The van der Waals surface area contributed by atoms with Crippen LogP contribution in [0.5, 0.6) is 0 Å². The van der Waals surface area contributed by atoms with Crippen LogP contribution < -0.4 is 5.32 Å². The van der Waals surface area contributed by atoms with Crippen LogP contribution in [0.3, 0.4) is 0 Å². The number of hydrogen-bond donors (Lipinski definition) is 2. The second-order valence-corrected chi connectivity index (χ2v) is 1.98. The van der Waals surface area contributed by atoms with Gasteiger partial charge in [-0.1, -0.05) is 27.2 Å². The Balaban J connectivity index is -0.000000118. The molecule has 2 N–H and O–H groups in total. The van der Waals surface area contributed by atoms with Gasteiger partial charge in [-0.25, -0.2) is 0 Å². The van der Waals surface area contributed by atoms with E-state index in [1.165, 1.54) is 12.8 Å². The van der Waals surface area contributed by atoms with Gasteiger partial charge in [0.15, 0.2) is 0 Å². The predicted octanol–water partition coefficient (Wildman–Crippen LogP) is 2.12. The SMILES string of the molecule is CC.CC(=O)O.CCCCNC. The third-order valence-corrected chi connectivity index (χ3v) is 0.780. The van der Waals surface area contributed by atoms with Crippen molar-refractivity contribution < 1.29 is 9.90 Å². The van der Waals surface area contributed by atoms with Crippen molar-refractivity contribution in [3.05, 3.63) is 0 Å². The van der Waals surface area contributed by atoms with Gasteiger partial charge in [0.25, 0.3) is 5.97 Å². The van der Waals surface area contributed by atoms with E-state index in [-0.39, 0.29) is 0 Å². The summed E-state index contributed by atoms with van der Waals surface area (Å²) in [6.45, 7) is 8.44. The molecular weight excluding hydrogens is 154 g/mol. The summed E-state index contributed by atoms with van der Waals surface area (Å²) in [6.07, 6.45) is 2.59. The Bertz CT molecular complexity index is 66.9. The molecule has 76 valence electrons. The van der Waals surface area contributed by atoms with Gasteiger partial charge < -0.3 is 10.4 Å². The molecule has 0 unspecified atom stereocenters. The van der Waals surface area contributed by atoms with Crippen molar-refractivity contribution in [2.45, 2.75) is 40.5 Å². The summed E-state index contributed by atoms with van der Waals surface area (Å²) >= 11 is 0. The van der Waals surface area contributed by atoms with E-state index in [0.717, 1.165) is 13.5 Å². The molecule has 0 amide bonds. The fourth-order valence-electron chi connectivity index (χ4n) is 0.354. The molecule has 0 bridgehead atoms. The normalized spacial score (nSPS) is 7.08. The summed E-state index contributed by atoms with van der Waals surface area (Å²) in [6, 6.07) is 0. The Morgan fingerprint density at radius 3 is 1.83 bits per heavy atom. The minimum Gasteiger partial charge on any atom is -0.481 e. The summed E-state index contributed by atoms with van der Waals surface area (Å²) < 4.78 is 0. The molecule has 0 rings (SSSR count). The van der Waals surface area contributed by atoms with E-state index in [9.17, 15) is 0 Å². The van der Waals surface area contributed by atoms with Crippen molar-refractivity contribution in [2.75, 3.05) is 13.6 Å². The molecule has 3 nitrogen and oxygen atoms in total. The Kier molecular flexibility index (Phi) is 32.7. The number of nitrogens with one attached hydrogen (secondary N) is 1. The van der Waals surface area contributed by atoms with Crippen LogP contribution in [0.15, 0.2) is 0 Å². The molecule has 0 fully saturated rings. The van der Waals surface area contributed by atoms with Crippen LogP contribution in [-0.2, 0) is 4.79 Å². The average molecular weight is 177 g/mol. The summed E-state index contributed by atoms with van der Waals surface area (Å²) in [5, 5.41) is 10.5. The lowest BCUT2D eigenvalue weighted by Gasteiger charge is -1.89. The van der Waals surface area contributed by atoms with E-state index in [1.807, 2.05) is 20.9 Å². The molecular formula is C9H23NO2. The van der Waals surface area contributed by atoms with Crippen LogP contribution in [0.1, 0.15) is 40.5 Å². The molecule has 0 saturated heterocycles. The minimum atomic E-state index is -0.833. The highest BCUT2D eigenvalue weighted by Gasteiger charge is 1.73. The number of unbranched alkanes of at least 4 members (excludes halogenated alkanes) is 1. The molecule has 0 aliphatic heterocycles. The molecule has 0 aromatic heterocycles. The standard InChI is InChI=1S/C5H13N.C2H4O2.C2H6/c1-3-4-5-6-2;1-2(3)4;1-2/h6H,3-5H2,1-2H3;1H3,(H,3,4);1-2H3. The third-order valence-electron chi connectivity index (χ3n) is 0.780. The van der Waals surface area contributed by atoms with Crippen molar-refractivity contribution in [3.8, 4) is 0 Å². The van der Waals surface area contributed by atoms with Crippen LogP contribution in [0.2, 0.25) is 0 Å². The smallest absolute Gasteiger partial charge is 0.300 e. The van der Waals surface area contributed by atoms with E-state index in [4.69, 9.17) is 9.90 Å². The van der Waals surface area contributed by atoms with E-state index in [2.05, 4.69) is 12.2 Å². The van der Waals surface area contributed by atoms with Gasteiger partial charge in [0, 0.05) is 6.92 Å². The van der Waals surface area contributed by atoms with Crippen molar-refractivity contribution in [2.24, 2.45) is 0 Å². The van der Waals surface area contributed by atoms with Crippen LogP contribution in [0, 0.1) is 0 Å². The van der Waals surface area contributed by atoms with Gasteiger partial charge in [0.2, 0.25) is 0 Å². The van der Waals surface area contributed by atoms with Gasteiger partial charge in [-0.3, -0.25) is 4.79 Å². The number of carbonyl (C=O) groups is 1. The molecule has 0 aromatic carbocycles. The second kappa shape index (κ2) is 22.4. The molecule has 0 saturated carbocycles. The van der Waals surface area contributed by atoms with Gasteiger partial charge in [-0.15, -0.1) is 0 Å². The van der Waals surface area contributed by atoms with Crippen LogP contribution in [0.25, 0.3) is 0 Å². The van der Waals surface area contributed by atoms with Crippen LogP contribution >= 0.6 is 0 Å². The maximum absolute atomic E-state index is 9.00. The highest BCUT2D eigenvalue weighted by atomic mass is 16.4. The zero-order valence-corrected chi connectivity index (χ0v) is 8.98. The topological polar surface area (TPSA) is 49.3 Å².